The molecule has 0 atom stereocenters. The van der Waals surface area contributed by atoms with Crippen molar-refractivity contribution >= 4 is 15.7 Å². The van der Waals surface area contributed by atoms with Gasteiger partial charge in [0.2, 0.25) is 10.0 Å². The Morgan fingerprint density at radius 2 is 1.90 bits per heavy atom. The second-order valence-electron chi connectivity index (χ2n) is 7.97. The molecule has 0 amide bonds. The molecule has 10 heteroatoms. The van der Waals surface area contributed by atoms with E-state index in [1.807, 2.05) is 28.8 Å². The minimum atomic E-state index is -3.01. The molecule has 3 aromatic rings. The Morgan fingerprint density at radius 3 is 2.63 bits per heavy atom. The lowest BCUT2D eigenvalue weighted by Gasteiger charge is -2.31. The predicted molar refractivity (Wildman–Crippen MR) is 112 cm³/mol. The molecule has 2 aliphatic rings. The first-order valence-electron chi connectivity index (χ1n) is 10.4. The van der Waals surface area contributed by atoms with Crippen LogP contribution in [0.4, 0.5) is 0 Å². The lowest BCUT2D eigenvalue weighted by molar-refractivity contribution is 0.197. The van der Waals surface area contributed by atoms with Crippen molar-refractivity contribution in [3.05, 3.63) is 42.5 Å². The molecule has 0 saturated carbocycles. The van der Waals surface area contributed by atoms with E-state index in [0.29, 0.717) is 24.8 Å². The summed E-state index contributed by atoms with van der Waals surface area (Å²) in [6.07, 6.45) is 6.23. The Balaban J connectivity index is 1.26. The summed E-state index contributed by atoms with van der Waals surface area (Å²) in [5, 5.41) is 13.5. The first kappa shape index (κ1) is 19.5. The summed E-state index contributed by atoms with van der Waals surface area (Å²) in [6, 6.07) is 7.78. The van der Waals surface area contributed by atoms with Crippen LogP contribution in [-0.4, -0.2) is 80.9 Å². The molecule has 30 heavy (non-hydrogen) atoms. The van der Waals surface area contributed by atoms with Crippen molar-refractivity contribution in [3.8, 4) is 11.3 Å². The molecule has 0 spiro atoms. The Kier molecular flexibility index (Phi) is 5.21. The van der Waals surface area contributed by atoms with Gasteiger partial charge in [-0.1, -0.05) is 0 Å². The van der Waals surface area contributed by atoms with Crippen LogP contribution in [0.5, 0.6) is 0 Å². The second kappa shape index (κ2) is 8.01. The second-order valence-corrected chi connectivity index (χ2v) is 10.1. The largest absolute Gasteiger partial charge is 0.302 e. The first-order valence-corrected chi connectivity index (χ1v) is 12.0. The summed E-state index contributed by atoms with van der Waals surface area (Å²) in [5.41, 5.74) is 2.56. The third kappa shape index (κ3) is 3.82. The predicted octanol–water partition coefficient (Wildman–Crippen LogP) is 1.40. The van der Waals surface area contributed by atoms with Crippen LogP contribution in [0.1, 0.15) is 31.0 Å². The number of sulfonamides is 1. The molecule has 5 rings (SSSR count). The van der Waals surface area contributed by atoms with Crippen molar-refractivity contribution in [1.29, 1.82) is 0 Å². The Hall–Kier alpha value is -2.43. The topological polar surface area (TPSA) is 96.6 Å². The van der Waals surface area contributed by atoms with Crippen LogP contribution in [-0.2, 0) is 10.0 Å². The molecule has 0 bridgehead atoms. The molecule has 2 fully saturated rings. The summed E-state index contributed by atoms with van der Waals surface area (Å²) in [4.78, 5) is 6.53. The zero-order valence-electron chi connectivity index (χ0n) is 16.8. The van der Waals surface area contributed by atoms with Crippen molar-refractivity contribution in [2.45, 2.75) is 25.2 Å². The number of pyridine rings is 1. The number of hydrogen-bond acceptors (Lipinski definition) is 7. The van der Waals surface area contributed by atoms with E-state index < -0.39 is 10.0 Å². The number of hydrogen-bond donors (Lipinski definition) is 0. The minimum absolute atomic E-state index is 0.295. The average molecular weight is 428 g/mol. The fourth-order valence-corrected chi connectivity index (χ4v) is 5.86. The summed E-state index contributed by atoms with van der Waals surface area (Å²) in [5.74, 6) is 1.49. The highest BCUT2D eigenvalue weighted by Gasteiger charge is 2.30. The summed E-state index contributed by atoms with van der Waals surface area (Å²) in [7, 11) is -3.01. The van der Waals surface area contributed by atoms with E-state index in [4.69, 9.17) is 5.10 Å². The fourth-order valence-electron chi connectivity index (χ4n) is 4.34. The van der Waals surface area contributed by atoms with Crippen molar-refractivity contribution in [1.82, 2.24) is 34.0 Å². The van der Waals surface area contributed by atoms with Crippen LogP contribution >= 0.6 is 0 Å². The van der Waals surface area contributed by atoms with E-state index in [0.717, 1.165) is 61.6 Å². The number of likely N-dealkylation sites (tertiary alicyclic amines) is 1. The highest BCUT2D eigenvalue weighted by atomic mass is 32.2. The maximum absolute atomic E-state index is 12.0. The standard InChI is InChI=1S/C20H25N7O2S/c28-30(29)14-2-9-26(30)13-12-25-10-6-16(7-11-25)20-23-22-19-5-4-18(24-27(19)20)17-3-1-8-21-15-17/h1,3-5,8,15-16H,2,6-7,9-14H2. The molecule has 5 heterocycles. The maximum atomic E-state index is 12.0. The van der Waals surface area contributed by atoms with Gasteiger partial charge in [0.25, 0.3) is 0 Å². The number of aromatic nitrogens is 5. The van der Waals surface area contributed by atoms with Crippen LogP contribution < -0.4 is 0 Å². The van der Waals surface area contributed by atoms with Crippen LogP contribution in [0.2, 0.25) is 0 Å². The number of piperidine rings is 1. The van der Waals surface area contributed by atoms with Crippen LogP contribution in [0.3, 0.4) is 0 Å². The molecule has 0 N–H and O–H groups in total. The highest BCUT2D eigenvalue weighted by molar-refractivity contribution is 7.89. The summed E-state index contributed by atoms with van der Waals surface area (Å²) < 4.78 is 27.4. The molecule has 158 valence electrons. The zero-order chi connectivity index (χ0) is 20.6. The number of rotatable bonds is 5. The Bertz CT molecular complexity index is 1120. The molecule has 0 aromatic carbocycles. The van der Waals surface area contributed by atoms with Gasteiger partial charge in [0.15, 0.2) is 11.5 Å². The molecule has 0 radical (unpaired) electrons. The third-order valence-corrected chi connectivity index (χ3v) is 8.02. The monoisotopic (exact) mass is 427 g/mol. The van der Waals surface area contributed by atoms with E-state index in [9.17, 15) is 8.42 Å². The van der Waals surface area contributed by atoms with Crippen LogP contribution in [0, 0.1) is 0 Å². The van der Waals surface area contributed by atoms with Crippen LogP contribution in [0.15, 0.2) is 36.7 Å². The first-order chi connectivity index (χ1) is 14.6. The van der Waals surface area contributed by atoms with Gasteiger partial charge in [0.05, 0.1) is 11.4 Å². The molecule has 3 aromatic heterocycles. The quantitative estimate of drug-likeness (QED) is 0.607. The SMILES string of the molecule is O=S1(=O)CCCN1CCN1CCC(c2nnc3ccc(-c4cccnc4)nn23)CC1. The van der Waals surface area contributed by atoms with Gasteiger partial charge in [0, 0.05) is 43.5 Å². The van der Waals surface area contributed by atoms with Crippen molar-refractivity contribution in [2.24, 2.45) is 0 Å². The number of fused-ring (bicyclic) bond motifs is 1. The van der Waals surface area contributed by atoms with Crippen LogP contribution in [0.25, 0.3) is 16.9 Å². The van der Waals surface area contributed by atoms with Gasteiger partial charge in [-0.15, -0.1) is 10.2 Å². The van der Waals surface area contributed by atoms with Gasteiger partial charge >= 0.3 is 0 Å². The maximum Gasteiger partial charge on any atom is 0.214 e. The van der Waals surface area contributed by atoms with E-state index in [2.05, 4.69) is 20.1 Å². The van der Waals surface area contributed by atoms with E-state index in [1.54, 1.807) is 16.7 Å². The molecule has 2 aliphatic heterocycles. The normalized spacial score (nSPS) is 20.8. The van der Waals surface area contributed by atoms with Gasteiger partial charge < -0.3 is 4.90 Å². The molecule has 0 unspecified atom stereocenters. The third-order valence-electron chi connectivity index (χ3n) is 6.07. The minimum Gasteiger partial charge on any atom is -0.302 e. The lowest BCUT2D eigenvalue weighted by Crippen LogP contribution is -2.40. The fraction of sp³-hybridized carbons (Fsp3) is 0.500. The highest BCUT2D eigenvalue weighted by Crippen LogP contribution is 2.27. The van der Waals surface area contributed by atoms with E-state index >= 15 is 0 Å². The van der Waals surface area contributed by atoms with E-state index in [1.165, 1.54) is 0 Å². The number of nitrogens with zero attached hydrogens (tertiary/aromatic N) is 7. The molecular weight excluding hydrogens is 402 g/mol. The Labute approximate surface area is 175 Å². The molecule has 0 aliphatic carbocycles. The van der Waals surface area contributed by atoms with Gasteiger partial charge in [-0.3, -0.25) is 4.98 Å². The molecule has 2 saturated heterocycles. The van der Waals surface area contributed by atoms with Gasteiger partial charge in [0.1, 0.15) is 0 Å². The zero-order valence-corrected chi connectivity index (χ0v) is 17.6. The molecule has 9 nitrogen and oxygen atoms in total. The summed E-state index contributed by atoms with van der Waals surface area (Å²) in [6.45, 7) is 3.90. The average Bonchev–Trinajstić information content (AvgIpc) is 3.35. The van der Waals surface area contributed by atoms with Crippen molar-refractivity contribution < 1.29 is 8.42 Å². The van der Waals surface area contributed by atoms with Crippen molar-refractivity contribution in [2.75, 3.05) is 38.5 Å². The smallest absolute Gasteiger partial charge is 0.214 e. The Morgan fingerprint density at radius 1 is 1.03 bits per heavy atom. The lowest BCUT2D eigenvalue weighted by atomic mass is 9.96. The van der Waals surface area contributed by atoms with E-state index in [-0.39, 0.29) is 0 Å². The van der Waals surface area contributed by atoms with Gasteiger partial charge in [-0.25, -0.2) is 12.7 Å². The summed E-state index contributed by atoms with van der Waals surface area (Å²) >= 11 is 0. The molecular formula is C20H25N7O2S. The van der Waals surface area contributed by atoms with Gasteiger partial charge in [-0.2, -0.15) is 9.61 Å². The van der Waals surface area contributed by atoms with Crippen molar-refractivity contribution in [3.63, 3.8) is 0 Å². The van der Waals surface area contributed by atoms with Gasteiger partial charge in [-0.05, 0) is 56.6 Å².